The molecule has 2 spiro atoms. The SMILES string of the molecule is [2H]C([2H])([2H])O[C@]12C=C[C@@]3(C[C@H]1C#N)[C@H]1Cc4ccc(OC)c5c4[C@@]3(CCN1C)[C@H]2O5. The van der Waals surface area contributed by atoms with E-state index >= 15 is 0 Å². The predicted octanol–water partition coefficient (Wildman–Crippen LogP) is 2.44. The smallest absolute Gasteiger partial charge is 0.166 e. The third-order valence-corrected chi connectivity index (χ3v) is 8.26. The molecule has 4 aliphatic carbocycles. The van der Waals surface area contributed by atoms with Crippen molar-refractivity contribution in [2.24, 2.45) is 11.3 Å². The van der Waals surface area contributed by atoms with Gasteiger partial charge >= 0.3 is 0 Å². The fraction of sp³-hybridized carbons (Fsp3) is 0.591. The fourth-order valence-corrected chi connectivity index (χ4v) is 7.19. The number of ether oxygens (including phenoxy) is 3. The minimum absolute atomic E-state index is 0.224. The number of rotatable bonds is 2. The van der Waals surface area contributed by atoms with Gasteiger partial charge in [0, 0.05) is 24.1 Å². The molecule has 27 heavy (non-hydrogen) atoms. The van der Waals surface area contributed by atoms with E-state index in [0.717, 1.165) is 24.9 Å². The summed E-state index contributed by atoms with van der Waals surface area (Å²) in [7, 11) is 1.13. The van der Waals surface area contributed by atoms with Crippen LogP contribution in [0.15, 0.2) is 24.3 Å². The van der Waals surface area contributed by atoms with Crippen LogP contribution in [0, 0.1) is 22.7 Å². The maximum Gasteiger partial charge on any atom is 0.166 e. The molecule has 1 saturated heterocycles. The lowest BCUT2D eigenvalue weighted by molar-refractivity contribution is -0.203. The first kappa shape index (κ1) is 13.2. The Morgan fingerprint density at radius 2 is 2.30 bits per heavy atom. The Hall–Kier alpha value is -2.03. The van der Waals surface area contributed by atoms with Crippen molar-refractivity contribution >= 4 is 0 Å². The number of likely N-dealkylation sites (tertiary alicyclic amines) is 1. The van der Waals surface area contributed by atoms with E-state index in [2.05, 4.69) is 30.2 Å². The molecule has 1 aromatic carbocycles. The summed E-state index contributed by atoms with van der Waals surface area (Å²) < 4.78 is 41.7. The van der Waals surface area contributed by atoms with E-state index in [1.54, 1.807) is 7.11 Å². The third kappa shape index (κ3) is 1.40. The summed E-state index contributed by atoms with van der Waals surface area (Å²) in [5.41, 5.74) is 0.343. The molecule has 1 aromatic rings. The Morgan fingerprint density at radius 3 is 3.07 bits per heavy atom. The van der Waals surface area contributed by atoms with E-state index in [1.165, 1.54) is 5.56 Å². The minimum atomic E-state index is -2.64. The van der Waals surface area contributed by atoms with E-state index in [1.807, 2.05) is 12.1 Å². The fourth-order valence-electron chi connectivity index (χ4n) is 7.19. The second kappa shape index (κ2) is 4.68. The Kier molecular flexibility index (Phi) is 2.29. The van der Waals surface area contributed by atoms with E-state index in [-0.39, 0.29) is 11.5 Å². The monoisotopic (exact) mass is 367 g/mol. The molecule has 1 saturated carbocycles. The highest BCUT2D eigenvalue weighted by Crippen LogP contribution is 2.74. The van der Waals surface area contributed by atoms with Gasteiger partial charge < -0.3 is 19.1 Å². The van der Waals surface area contributed by atoms with Crippen LogP contribution in [-0.4, -0.2) is 50.4 Å². The molecule has 5 nitrogen and oxygen atoms in total. The molecule has 0 amide bonds. The normalized spacial score (nSPS) is 47.3. The summed E-state index contributed by atoms with van der Waals surface area (Å²) >= 11 is 0. The van der Waals surface area contributed by atoms with Crippen LogP contribution in [0.3, 0.4) is 0 Å². The zero-order valence-corrected chi connectivity index (χ0v) is 15.5. The van der Waals surface area contributed by atoms with Gasteiger partial charge in [-0.2, -0.15) is 5.26 Å². The molecule has 2 fully saturated rings. The molecule has 0 unspecified atom stereocenters. The van der Waals surface area contributed by atoms with Gasteiger partial charge in [-0.3, -0.25) is 0 Å². The van der Waals surface area contributed by atoms with Gasteiger partial charge in [0.2, 0.25) is 0 Å². The lowest BCUT2D eigenvalue weighted by atomic mass is 9.37. The molecular weight excluding hydrogens is 340 g/mol. The van der Waals surface area contributed by atoms with Crippen molar-refractivity contribution < 1.29 is 18.3 Å². The van der Waals surface area contributed by atoms with Crippen LogP contribution < -0.4 is 9.47 Å². The van der Waals surface area contributed by atoms with Crippen molar-refractivity contribution in [1.29, 1.82) is 5.26 Å². The Morgan fingerprint density at radius 1 is 1.41 bits per heavy atom. The molecule has 140 valence electrons. The Labute approximate surface area is 163 Å². The van der Waals surface area contributed by atoms with Crippen molar-refractivity contribution in [3.05, 3.63) is 35.4 Å². The molecule has 6 atom stereocenters. The van der Waals surface area contributed by atoms with Crippen molar-refractivity contribution in [2.45, 2.75) is 42.4 Å². The highest BCUT2D eigenvalue weighted by molar-refractivity contribution is 5.65. The molecule has 2 aliphatic heterocycles. The Balaban J connectivity index is 1.69. The molecule has 0 N–H and O–H groups in total. The lowest BCUT2D eigenvalue weighted by Gasteiger charge is -2.70. The second-order valence-corrected chi connectivity index (χ2v) is 8.77. The second-order valence-electron chi connectivity index (χ2n) is 8.77. The van der Waals surface area contributed by atoms with Gasteiger partial charge in [-0.25, -0.2) is 0 Å². The van der Waals surface area contributed by atoms with Crippen molar-refractivity contribution in [2.75, 3.05) is 27.7 Å². The summed E-state index contributed by atoms with van der Waals surface area (Å²) in [4.78, 5) is 2.40. The van der Waals surface area contributed by atoms with Crippen LogP contribution in [0.2, 0.25) is 0 Å². The van der Waals surface area contributed by atoms with E-state index < -0.39 is 30.1 Å². The van der Waals surface area contributed by atoms with Crippen molar-refractivity contribution in [1.82, 2.24) is 4.90 Å². The first-order valence-electron chi connectivity index (χ1n) is 11.1. The maximum atomic E-state index is 10.1. The summed E-state index contributed by atoms with van der Waals surface area (Å²) in [6.45, 7) is 0.886. The quantitative estimate of drug-likeness (QED) is 0.752. The summed E-state index contributed by atoms with van der Waals surface area (Å²) in [5, 5.41) is 10.1. The largest absolute Gasteiger partial charge is 0.493 e. The molecule has 5 heteroatoms. The maximum absolute atomic E-state index is 10.1. The zero-order valence-electron chi connectivity index (χ0n) is 18.5. The summed E-state index contributed by atoms with van der Waals surface area (Å²) in [5.74, 6) is 0.757. The first-order chi connectivity index (χ1) is 14.2. The predicted molar refractivity (Wildman–Crippen MR) is 98.9 cm³/mol. The van der Waals surface area contributed by atoms with Crippen molar-refractivity contribution in [3.8, 4) is 17.6 Å². The average Bonchev–Trinajstić information content (AvgIpc) is 3.06. The van der Waals surface area contributed by atoms with Crippen LogP contribution in [-0.2, 0) is 16.6 Å². The number of fused-ring (bicyclic) bond motifs is 1. The van der Waals surface area contributed by atoms with Crippen molar-refractivity contribution in [3.63, 3.8) is 0 Å². The van der Waals surface area contributed by atoms with Crippen LogP contribution in [0.1, 0.15) is 28.1 Å². The lowest BCUT2D eigenvalue weighted by Crippen LogP contribution is -2.78. The Bertz CT molecular complexity index is 1030. The number of nitrogens with zero attached hydrogens (tertiary/aromatic N) is 2. The number of likely N-dealkylation sites (N-methyl/N-ethyl adjacent to an activating group) is 1. The third-order valence-electron chi connectivity index (χ3n) is 8.26. The molecule has 2 heterocycles. The molecule has 4 bridgehead atoms. The first-order valence-corrected chi connectivity index (χ1v) is 9.60. The van der Waals surface area contributed by atoms with Gasteiger partial charge in [0.25, 0.3) is 0 Å². The number of methoxy groups -OCH3 is 2. The number of hydrogen-bond acceptors (Lipinski definition) is 5. The summed E-state index contributed by atoms with van der Waals surface area (Å²) in [6.07, 6.45) is 5.71. The van der Waals surface area contributed by atoms with Gasteiger partial charge in [-0.1, -0.05) is 18.2 Å². The van der Waals surface area contributed by atoms with Crippen LogP contribution in [0.4, 0.5) is 0 Å². The van der Waals surface area contributed by atoms with Gasteiger partial charge in [-0.15, -0.1) is 0 Å². The van der Waals surface area contributed by atoms with Gasteiger partial charge in [0.15, 0.2) is 11.5 Å². The molecular formula is C22H24N2O3. The number of piperidine rings is 1. The topological polar surface area (TPSA) is 54.7 Å². The molecule has 0 radical (unpaired) electrons. The molecule has 7 rings (SSSR count). The van der Waals surface area contributed by atoms with E-state index in [0.29, 0.717) is 17.9 Å². The highest BCUT2D eigenvalue weighted by Gasteiger charge is 2.79. The van der Waals surface area contributed by atoms with Gasteiger partial charge in [0.1, 0.15) is 11.7 Å². The summed E-state index contributed by atoms with van der Waals surface area (Å²) in [6, 6.07) is 6.67. The molecule has 6 aliphatic rings. The van der Waals surface area contributed by atoms with E-state index in [4.69, 9.17) is 18.3 Å². The van der Waals surface area contributed by atoms with Crippen LogP contribution in [0.25, 0.3) is 0 Å². The standard InChI is InChI=1S/C22H24N2O3/c1-24-9-8-21-17-13-4-5-15(25-2)18(17)27-19(21)22(26-3)7-6-20(21,16(24)10-13)11-14(22)12-23/h4-7,14,16,19H,8-11H2,1-3H3/t14-,16+,19+,20+,21-,22+/m0/s1/i3D3. The highest BCUT2D eigenvalue weighted by atomic mass is 16.6. The zero-order chi connectivity index (χ0) is 21.1. The number of benzene rings is 1. The average molecular weight is 367 g/mol. The number of nitriles is 1. The van der Waals surface area contributed by atoms with Crippen LogP contribution in [0.5, 0.6) is 11.5 Å². The van der Waals surface area contributed by atoms with Gasteiger partial charge in [-0.05, 0) is 44.5 Å². The molecule has 0 aromatic heterocycles. The minimum Gasteiger partial charge on any atom is -0.493 e. The number of hydrogen-bond donors (Lipinski definition) is 0. The van der Waals surface area contributed by atoms with Crippen LogP contribution >= 0.6 is 0 Å². The van der Waals surface area contributed by atoms with E-state index in [9.17, 15) is 5.26 Å². The van der Waals surface area contributed by atoms with Gasteiger partial charge in [0.05, 0.1) is 28.6 Å².